The van der Waals surface area contributed by atoms with E-state index in [-0.39, 0.29) is 11.7 Å². The zero-order valence-electron chi connectivity index (χ0n) is 14.9. The number of aromatic nitrogens is 1. The van der Waals surface area contributed by atoms with Crippen LogP contribution in [-0.2, 0) is 0 Å². The van der Waals surface area contributed by atoms with Crippen LogP contribution in [0, 0.1) is 5.82 Å². The highest BCUT2D eigenvalue weighted by Crippen LogP contribution is 2.22. The van der Waals surface area contributed by atoms with Gasteiger partial charge in [0.15, 0.2) is 0 Å². The van der Waals surface area contributed by atoms with Gasteiger partial charge in [-0.25, -0.2) is 4.39 Å². The number of carbonyl (C=O) groups is 1. The van der Waals surface area contributed by atoms with Gasteiger partial charge < -0.3 is 9.80 Å². The predicted molar refractivity (Wildman–Crippen MR) is 104 cm³/mol. The third-order valence-corrected chi connectivity index (χ3v) is 4.87. The highest BCUT2D eigenvalue weighted by molar-refractivity contribution is 5.95. The topological polar surface area (TPSA) is 36.4 Å². The molecule has 0 unspecified atom stereocenters. The minimum atomic E-state index is -0.265. The van der Waals surface area contributed by atoms with Gasteiger partial charge in [0.05, 0.1) is 11.9 Å². The Kier molecular flexibility index (Phi) is 4.83. The summed E-state index contributed by atoms with van der Waals surface area (Å²) in [6, 6.07) is 17.8. The summed E-state index contributed by atoms with van der Waals surface area (Å²) in [7, 11) is 0. The van der Waals surface area contributed by atoms with Crippen molar-refractivity contribution in [3.8, 4) is 11.1 Å². The molecule has 0 N–H and O–H groups in total. The number of pyridine rings is 1. The zero-order chi connectivity index (χ0) is 18.6. The Morgan fingerprint density at radius 1 is 0.889 bits per heavy atom. The van der Waals surface area contributed by atoms with E-state index in [4.69, 9.17) is 0 Å². The molecule has 1 amide bonds. The van der Waals surface area contributed by atoms with Crippen molar-refractivity contribution in [2.45, 2.75) is 0 Å². The number of amides is 1. The molecule has 136 valence electrons. The number of anilines is 1. The molecule has 0 bridgehead atoms. The molecule has 4 rings (SSSR count). The van der Waals surface area contributed by atoms with E-state index in [2.05, 4.69) is 9.88 Å². The number of hydrogen-bond donors (Lipinski definition) is 0. The minimum Gasteiger partial charge on any atom is -0.367 e. The van der Waals surface area contributed by atoms with E-state index < -0.39 is 0 Å². The average Bonchev–Trinajstić information content (AvgIpc) is 2.74. The van der Waals surface area contributed by atoms with Crippen LogP contribution < -0.4 is 4.90 Å². The van der Waals surface area contributed by atoms with E-state index in [0.717, 1.165) is 29.9 Å². The van der Waals surface area contributed by atoms with Gasteiger partial charge >= 0.3 is 0 Å². The molecule has 1 fully saturated rings. The monoisotopic (exact) mass is 361 g/mol. The molecule has 2 aromatic carbocycles. The summed E-state index contributed by atoms with van der Waals surface area (Å²) in [5.41, 5.74) is 3.44. The molecule has 0 aliphatic carbocycles. The zero-order valence-corrected chi connectivity index (χ0v) is 14.9. The van der Waals surface area contributed by atoms with Crippen molar-refractivity contribution in [2.24, 2.45) is 0 Å². The average molecular weight is 361 g/mol. The predicted octanol–water partition coefficient (Wildman–Crippen LogP) is 3.85. The van der Waals surface area contributed by atoms with Crippen molar-refractivity contribution in [1.29, 1.82) is 0 Å². The molecule has 0 radical (unpaired) electrons. The number of halogens is 1. The molecule has 3 aromatic rings. The number of benzene rings is 2. The molecule has 27 heavy (non-hydrogen) atoms. The van der Waals surface area contributed by atoms with Crippen LogP contribution in [0.25, 0.3) is 11.1 Å². The Balaban J connectivity index is 1.41. The van der Waals surface area contributed by atoms with Crippen LogP contribution in [0.4, 0.5) is 10.1 Å². The largest absolute Gasteiger partial charge is 0.367 e. The first-order chi connectivity index (χ1) is 13.2. The molecule has 4 nitrogen and oxygen atoms in total. The van der Waals surface area contributed by atoms with Gasteiger partial charge in [0.2, 0.25) is 0 Å². The van der Waals surface area contributed by atoms with E-state index in [1.807, 2.05) is 53.6 Å². The van der Waals surface area contributed by atoms with Crippen molar-refractivity contribution < 1.29 is 9.18 Å². The highest BCUT2D eigenvalue weighted by atomic mass is 19.1. The van der Waals surface area contributed by atoms with Gasteiger partial charge in [0.1, 0.15) is 5.82 Å². The Morgan fingerprint density at radius 3 is 2.33 bits per heavy atom. The van der Waals surface area contributed by atoms with Crippen LogP contribution in [0.5, 0.6) is 0 Å². The van der Waals surface area contributed by atoms with Crippen molar-refractivity contribution >= 4 is 11.6 Å². The minimum absolute atomic E-state index is 0.0339. The lowest BCUT2D eigenvalue weighted by Gasteiger charge is -2.36. The molecule has 1 aliphatic rings. The van der Waals surface area contributed by atoms with Crippen LogP contribution in [0.15, 0.2) is 73.1 Å². The molecule has 1 saturated heterocycles. The van der Waals surface area contributed by atoms with Gasteiger partial charge in [-0.05, 0) is 47.5 Å². The third-order valence-electron chi connectivity index (χ3n) is 4.87. The maximum atomic E-state index is 13.4. The molecular formula is C22H20FN3O. The van der Waals surface area contributed by atoms with Crippen LogP contribution in [-0.4, -0.2) is 42.0 Å². The molecule has 0 spiro atoms. The SMILES string of the molecule is O=C(c1ccc(-c2cccc(F)c2)cc1)N1CCN(c2cccnc2)CC1. The first kappa shape index (κ1) is 17.2. The summed E-state index contributed by atoms with van der Waals surface area (Å²) in [6.07, 6.45) is 3.61. The first-order valence-electron chi connectivity index (χ1n) is 9.01. The smallest absolute Gasteiger partial charge is 0.253 e. The molecule has 0 saturated carbocycles. The molecule has 5 heteroatoms. The molecule has 1 aliphatic heterocycles. The van der Waals surface area contributed by atoms with E-state index in [9.17, 15) is 9.18 Å². The van der Waals surface area contributed by atoms with Crippen molar-refractivity contribution in [1.82, 2.24) is 9.88 Å². The Labute approximate surface area is 157 Å². The Hall–Kier alpha value is -3.21. The summed E-state index contributed by atoms with van der Waals surface area (Å²) >= 11 is 0. The van der Waals surface area contributed by atoms with Crippen LogP contribution >= 0.6 is 0 Å². The van der Waals surface area contributed by atoms with Crippen LogP contribution in [0.3, 0.4) is 0 Å². The van der Waals surface area contributed by atoms with Gasteiger partial charge in [-0.3, -0.25) is 9.78 Å². The normalized spacial score (nSPS) is 14.3. The third kappa shape index (κ3) is 3.82. The lowest BCUT2D eigenvalue weighted by Crippen LogP contribution is -2.48. The van der Waals surface area contributed by atoms with E-state index in [0.29, 0.717) is 18.7 Å². The van der Waals surface area contributed by atoms with E-state index in [1.165, 1.54) is 12.1 Å². The quantitative estimate of drug-likeness (QED) is 0.711. The summed E-state index contributed by atoms with van der Waals surface area (Å²) in [5, 5.41) is 0. The van der Waals surface area contributed by atoms with Gasteiger partial charge in [0.25, 0.3) is 5.91 Å². The number of hydrogen-bond acceptors (Lipinski definition) is 3. The summed E-state index contributed by atoms with van der Waals surface area (Å²) in [4.78, 5) is 21.1. The Bertz CT molecular complexity index is 920. The fourth-order valence-corrected chi connectivity index (χ4v) is 3.36. The molecule has 2 heterocycles. The molecular weight excluding hydrogens is 341 g/mol. The van der Waals surface area contributed by atoms with E-state index in [1.54, 1.807) is 12.3 Å². The van der Waals surface area contributed by atoms with Crippen molar-refractivity contribution in [2.75, 3.05) is 31.1 Å². The van der Waals surface area contributed by atoms with Crippen LogP contribution in [0.1, 0.15) is 10.4 Å². The lowest BCUT2D eigenvalue weighted by atomic mass is 10.0. The van der Waals surface area contributed by atoms with Gasteiger partial charge in [0, 0.05) is 37.9 Å². The fraction of sp³-hybridized carbons (Fsp3) is 0.182. The number of piperazine rings is 1. The first-order valence-corrected chi connectivity index (χ1v) is 9.01. The van der Waals surface area contributed by atoms with Crippen molar-refractivity contribution in [3.05, 3.63) is 84.4 Å². The number of carbonyl (C=O) groups excluding carboxylic acids is 1. The van der Waals surface area contributed by atoms with E-state index >= 15 is 0 Å². The maximum Gasteiger partial charge on any atom is 0.253 e. The second-order valence-corrected chi connectivity index (χ2v) is 6.58. The van der Waals surface area contributed by atoms with Crippen molar-refractivity contribution in [3.63, 3.8) is 0 Å². The summed E-state index contributed by atoms with van der Waals surface area (Å²) < 4.78 is 13.4. The lowest BCUT2D eigenvalue weighted by molar-refractivity contribution is 0.0747. The van der Waals surface area contributed by atoms with Gasteiger partial charge in [-0.2, -0.15) is 0 Å². The van der Waals surface area contributed by atoms with Crippen LogP contribution in [0.2, 0.25) is 0 Å². The number of rotatable bonds is 3. The fourth-order valence-electron chi connectivity index (χ4n) is 3.36. The standard InChI is InChI=1S/C22H20FN3O/c23-20-4-1-3-19(15-20)17-6-8-18(9-7-17)22(27)26-13-11-25(12-14-26)21-5-2-10-24-16-21/h1-10,15-16H,11-14H2. The summed E-state index contributed by atoms with van der Waals surface area (Å²) in [6.45, 7) is 2.94. The molecule has 0 atom stereocenters. The van der Waals surface area contributed by atoms with Gasteiger partial charge in [-0.15, -0.1) is 0 Å². The highest BCUT2D eigenvalue weighted by Gasteiger charge is 2.22. The number of nitrogens with zero attached hydrogens (tertiary/aromatic N) is 3. The Morgan fingerprint density at radius 2 is 1.67 bits per heavy atom. The maximum absolute atomic E-state index is 13.4. The second kappa shape index (κ2) is 7.58. The molecule has 1 aromatic heterocycles. The summed E-state index contributed by atoms with van der Waals surface area (Å²) in [5.74, 6) is -0.231. The second-order valence-electron chi connectivity index (χ2n) is 6.58. The van der Waals surface area contributed by atoms with Gasteiger partial charge in [-0.1, -0.05) is 24.3 Å².